The molecule has 5 nitrogen and oxygen atoms in total. The van der Waals surface area contributed by atoms with Gasteiger partial charge in [-0.25, -0.2) is 4.39 Å². The monoisotopic (exact) mass is 439 g/mol. The van der Waals surface area contributed by atoms with Crippen molar-refractivity contribution in [2.24, 2.45) is 0 Å². The number of benzene rings is 2. The van der Waals surface area contributed by atoms with Crippen molar-refractivity contribution in [1.29, 1.82) is 0 Å². The number of hydrogen-bond donors (Lipinski definition) is 0. The Morgan fingerprint density at radius 3 is 2.58 bits per heavy atom. The summed E-state index contributed by atoms with van der Waals surface area (Å²) in [5, 5.41) is 4.02. The van der Waals surface area contributed by atoms with Crippen LogP contribution in [0.1, 0.15) is 33.8 Å². The molecule has 1 saturated heterocycles. The zero-order valence-corrected chi connectivity index (χ0v) is 18.6. The third kappa shape index (κ3) is 4.93. The van der Waals surface area contributed by atoms with Crippen LogP contribution in [0.2, 0.25) is 0 Å². The molecular formula is C24H26FN3O2S. The summed E-state index contributed by atoms with van der Waals surface area (Å²) < 4.78 is 18.5. The SMILES string of the molecule is Cc1noc(C)c1CSc1ccccc1C(=O)N1CCCN(c2ccc(F)cc2)CC1. The van der Waals surface area contributed by atoms with Gasteiger partial charge in [0.05, 0.1) is 11.3 Å². The summed E-state index contributed by atoms with van der Waals surface area (Å²) in [6.45, 7) is 6.77. The minimum Gasteiger partial charge on any atom is -0.370 e. The van der Waals surface area contributed by atoms with Crippen LogP contribution in [-0.2, 0) is 5.75 Å². The molecule has 1 aliphatic heterocycles. The molecule has 162 valence electrons. The van der Waals surface area contributed by atoms with E-state index in [1.165, 1.54) is 12.1 Å². The van der Waals surface area contributed by atoms with Crippen molar-refractivity contribution in [2.45, 2.75) is 30.9 Å². The van der Waals surface area contributed by atoms with Gasteiger partial charge in [-0.05, 0) is 56.7 Å². The number of thioether (sulfide) groups is 1. The maximum atomic E-state index is 13.4. The second kappa shape index (κ2) is 9.56. The molecule has 31 heavy (non-hydrogen) atoms. The summed E-state index contributed by atoms with van der Waals surface area (Å²) in [6, 6.07) is 14.3. The Morgan fingerprint density at radius 2 is 1.84 bits per heavy atom. The summed E-state index contributed by atoms with van der Waals surface area (Å²) in [5.41, 5.74) is 3.69. The summed E-state index contributed by atoms with van der Waals surface area (Å²) in [5.74, 6) is 1.36. The lowest BCUT2D eigenvalue weighted by atomic mass is 10.2. The molecule has 0 bridgehead atoms. The maximum Gasteiger partial charge on any atom is 0.255 e. The van der Waals surface area contributed by atoms with Gasteiger partial charge in [0.1, 0.15) is 11.6 Å². The fourth-order valence-electron chi connectivity index (χ4n) is 3.83. The quantitative estimate of drug-likeness (QED) is 0.519. The van der Waals surface area contributed by atoms with Crippen molar-refractivity contribution in [2.75, 3.05) is 31.1 Å². The highest BCUT2D eigenvalue weighted by atomic mass is 32.2. The van der Waals surface area contributed by atoms with E-state index in [0.29, 0.717) is 18.8 Å². The number of anilines is 1. The van der Waals surface area contributed by atoms with Crippen LogP contribution in [0.3, 0.4) is 0 Å². The van der Waals surface area contributed by atoms with E-state index in [4.69, 9.17) is 4.52 Å². The van der Waals surface area contributed by atoms with Gasteiger partial charge in [-0.15, -0.1) is 11.8 Å². The predicted molar refractivity (Wildman–Crippen MR) is 121 cm³/mol. The Bertz CT molecular complexity index is 1030. The van der Waals surface area contributed by atoms with E-state index >= 15 is 0 Å². The second-order valence-electron chi connectivity index (χ2n) is 7.70. The van der Waals surface area contributed by atoms with E-state index in [1.807, 2.05) is 43.0 Å². The Kier molecular flexibility index (Phi) is 6.61. The number of rotatable bonds is 5. The third-order valence-corrected chi connectivity index (χ3v) is 6.75. The van der Waals surface area contributed by atoms with Gasteiger partial charge in [0.2, 0.25) is 0 Å². The summed E-state index contributed by atoms with van der Waals surface area (Å²) in [6.07, 6.45) is 0.873. The average Bonchev–Trinajstić information content (AvgIpc) is 2.96. The van der Waals surface area contributed by atoms with Crippen molar-refractivity contribution >= 4 is 23.4 Å². The molecule has 0 spiro atoms. The fourth-order valence-corrected chi connectivity index (χ4v) is 5.03. The van der Waals surface area contributed by atoms with Crippen LogP contribution in [0.5, 0.6) is 0 Å². The lowest BCUT2D eigenvalue weighted by molar-refractivity contribution is 0.0763. The highest BCUT2D eigenvalue weighted by molar-refractivity contribution is 7.98. The normalized spacial score (nSPS) is 14.5. The van der Waals surface area contributed by atoms with Crippen molar-refractivity contribution in [1.82, 2.24) is 10.1 Å². The Balaban J connectivity index is 1.45. The first-order chi connectivity index (χ1) is 15.0. The molecule has 3 aromatic rings. The molecule has 2 heterocycles. The zero-order valence-electron chi connectivity index (χ0n) is 17.8. The van der Waals surface area contributed by atoms with Crippen molar-refractivity contribution in [3.05, 3.63) is 76.9 Å². The topological polar surface area (TPSA) is 49.6 Å². The van der Waals surface area contributed by atoms with E-state index in [1.54, 1.807) is 23.9 Å². The number of aromatic nitrogens is 1. The first-order valence-electron chi connectivity index (χ1n) is 10.5. The second-order valence-corrected chi connectivity index (χ2v) is 8.71. The number of carbonyl (C=O) groups is 1. The summed E-state index contributed by atoms with van der Waals surface area (Å²) in [7, 11) is 0. The number of halogens is 1. The van der Waals surface area contributed by atoms with E-state index in [0.717, 1.165) is 52.7 Å². The van der Waals surface area contributed by atoms with Crippen molar-refractivity contribution in [3.8, 4) is 0 Å². The van der Waals surface area contributed by atoms with Gasteiger partial charge in [0.25, 0.3) is 5.91 Å². The van der Waals surface area contributed by atoms with Crippen molar-refractivity contribution < 1.29 is 13.7 Å². The molecule has 2 aromatic carbocycles. The number of nitrogens with zero attached hydrogens (tertiary/aromatic N) is 3. The number of hydrogen-bond acceptors (Lipinski definition) is 5. The summed E-state index contributed by atoms with van der Waals surface area (Å²) in [4.78, 5) is 18.5. The largest absolute Gasteiger partial charge is 0.370 e. The molecule has 0 unspecified atom stereocenters. The highest BCUT2D eigenvalue weighted by Crippen LogP contribution is 2.30. The number of carbonyl (C=O) groups excluding carboxylic acids is 1. The maximum absolute atomic E-state index is 13.4. The lowest BCUT2D eigenvalue weighted by Gasteiger charge is -2.24. The standard InChI is InChI=1S/C24H26FN3O2S/c1-17-22(18(2)30-26-17)16-31-23-7-4-3-6-21(23)24(29)28-13-5-12-27(14-15-28)20-10-8-19(25)9-11-20/h3-4,6-11H,5,12-16H2,1-2H3. The molecule has 0 N–H and O–H groups in total. The van der Waals surface area contributed by atoms with Crippen LogP contribution < -0.4 is 4.90 Å². The van der Waals surface area contributed by atoms with Gasteiger partial charge in [-0.3, -0.25) is 4.79 Å². The lowest BCUT2D eigenvalue weighted by Crippen LogP contribution is -2.35. The van der Waals surface area contributed by atoms with E-state index in [-0.39, 0.29) is 11.7 Å². The van der Waals surface area contributed by atoms with Gasteiger partial charge in [0, 0.05) is 48.1 Å². The van der Waals surface area contributed by atoms with Crippen LogP contribution >= 0.6 is 11.8 Å². The average molecular weight is 440 g/mol. The van der Waals surface area contributed by atoms with Crippen LogP contribution in [0, 0.1) is 19.7 Å². The van der Waals surface area contributed by atoms with E-state index in [9.17, 15) is 9.18 Å². The molecule has 1 fully saturated rings. The zero-order chi connectivity index (χ0) is 21.8. The van der Waals surface area contributed by atoms with Crippen LogP contribution in [-0.4, -0.2) is 42.1 Å². The minimum atomic E-state index is -0.235. The highest BCUT2D eigenvalue weighted by Gasteiger charge is 2.23. The third-order valence-electron chi connectivity index (χ3n) is 5.65. The molecule has 0 saturated carbocycles. The molecule has 0 radical (unpaired) electrons. The van der Waals surface area contributed by atoms with Crippen molar-refractivity contribution in [3.63, 3.8) is 0 Å². The van der Waals surface area contributed by atoms with E-state index in [2.05, 4.69) is 10.1 Å². The Morgan fingerprint density at radius 1 is 1.06 bits per heavy atom. The number of amides is 1. The predicted octanol–water partition coefficient (Wildman–Crippen LogP) is 5.08. The summed E-state index contributed by atoms with van der Waals surface area (Å²) >= 11 is 1.64. The molecule has 0 atom stereocenters. The Labute approximate surface area is 186 Å². The first kappa shape index (κ1) is 21.4. The molecule has 0 aliphatic carbocycles. The molecule has 1 aliphatic rings. The minimum absolute atomic E-state index is 0.0582. The smallest absolute Gasteiger partial charge is 0.255 e. The number of aryl methyl sites for hydroxylation is 2. The Hall–Kier alpha value is -2.80. The van der Waals surface area contributed by atoms with Gasteiger partial charge < -0.3 is 14.3 Å². The molecule has 1 amide bonds. The van der Waals surface area contributed by atoms with Crippen LogP contribution in [0.4, 0.5) is 10.1 Å². The van der Waals surface area contributed by atoms with Gasteiger partial charge in [-0.1, -0.05) is 17.3 Å². The molecule has 1 aromatic heterocycles. The van der Waals surface area contributed by atoms with E-state index < -0.39 is 0 Å². The van der Waals surface area contributed by atoms with Gasteiger partial charge in [-0.2, -0.15) is 0 Å². The molecular weight excluding hydrogens is 413 g/mol. The molecule has 7 heteroatoms. The fraction of sp³-hybridized carbons (Fsp3) is 0.333. The van der Waals surface area contributed by atoms with Gasteiger partial charge in [0.15, 0.2) is 0 Å². The van der Waals surface area contributed by atoms with Crippen LogP contribution in [0.15, 0.2) is 57.9 Å². The van der Waals surface area contributed by atoms with Gasteiger partial charge >= 0.3 is 0 Å². The first-order valence-corrected chi connectivity index (χ1v) is 11.4. The van der Waals surface area contributed by atoms with Crippen LogP contribution in [0.25, 0.3) is 0 Å². The molecule has 4 rings (SSSR count).